The fourth-order valence-corrected chi connectivity index (χ4v) is 4.05. The van der Waals surface area contributed by atoms with Gasteiger partial charge in [0.15, 0.2) is 17.5 Å². The van der Waals surface area contributed by atoms with Gasteiger partial charge in [-0.2, -0.15) is 0 Å². The summed E-state index contributed by atoms with van der Waals surface area (Å²) in [6.45, 7) is 3.18. The molecule has 0 radical (unpaired) electrons. The first-order valence-electron chi connectivity index (χ1n) is 10.9. The highest BCUT2D eigenvalue weighted by Crippen LogP contribution is 2.32. The Morgan fingerprint density at radius 1 is 1.21 bits per heavy atom. The summed E-state index contributed by atoms with van der Waals surface area (Å²) in [4.78, 5) is 22.6. The van der Waals surface area contributed by atoms with Crippen molar-refractivity contribution in [3.63, 3.8) is 0 Å². The molecule has 1 fully saturated rings. The fraction of sp³-hybridized carbons (Fsp3) is 0.435. The van der Waals surface area contributed by atoms with E-state index in [0.717, 1.165) is 67.7 Å². The average Bonchev–Trinajstić information content (AvgIpc) is 3.29. The van der Waals surface area contributed by atoms with Gasteiger partial charge in [-0.1, -0.05) is 12.1 Å². The molecule has 4 N–H and O–H groups in total. The molecule has 9 nitrogen and oxygen atoms in total. The van der Waals surface area contributed by atoms with Gasteiger partial charge in [0.1, 0.15) is 5.82 Å². The average molecular weight is 566 g/mol. The van der Waals surface area contributed by atoms with Gasteiger partial charge in [0, 0.05) is 50.9 Å². The first-order valence-corrected chi connectivity index (χ1v) is 10.9. The molecule has 1 aromatic carbocycles. The van der Waals surface area contributed by atoms with Crippen LogP contribution < -0.4 is 30.7 Å². The number of pyridine rings is 1. The molecule has 4 rings (SSSR count). The lowest BCUT2D eigenvalue weighted by atomic mass is 9.96. The number of fused-ring (bicyclic) bond motifs is 1. The second-order valence-corrected chi connectivity index (χ2v) is 7.94. The van der Waals surface area contributed by atoms with Crippen LogP contribution in [-0.4, -0.2) is 50.3 Å². The number of primary amides is 1. The highest BCUT2D eigenvalue weighted by Gasteiger charge is 2.25. The van der Waals surface area contributed by atoms with Gasteiger partial charge in [0.25, 0.3) is 0 Å². The van der Waals surface area contributed by atoms with Crippen molar-refractivity contribution in [3.05, 3.63) is 47.7 Å². The Hall–Kier alpha value is -2.76. The second kappa shape index (κ2) is 11.9. The smallest absolute Gasteiger partial charge is 0.231 e. The van der Waals surface area contributed by atoms with Crippen LogP contribution in [0.2, 0.25) is 0 Å². The van der Waals surface area contributed by atoms with Crippen LogP contribution in [0.5, 0.6) is 11.5 Å². The van der Waals surface area contributed by atoms with E-state index in [9.17, 15) is 4.79 Å². The first-order chi connectivity index (χ1) is 15.6. The van der Waals surface area contributed by atoms with E-state index in [2.05, 4.69) is 37.6 Å². The highest BCUT2D eigenvalue weighted by molar-refractivity contribution is 14.0. The molecule has 0 atom stereocenters. The van der Waals surface area contributed by atoms with Crippen LogP contribution in [0.4, 0.5) is 5.82 Å². The minimum atomic E-state index is -0.205. The number of aromatic nitrogens is 1. The van der Waals surface area contributed by atoms with Crippen LogP contribution in [0.1, 0.15) is 24.0 Å². The first kappa shape index (κ1) is 24.9. The van der Waals surface area contributed by atoms with Gasteiger partial charge >= 0.3 is 0 Å². The molecule has 10 heteroatoms. The normalized spacial score (nSPS) is 15.7. The third-order valence-electron chi connectivity index (χ3n) is 5.88. The molecule has 0 bridgehead atoms. The van der Waals surface area contributed by atoms with Crippen molar-refractivity contribution in [2.24, 2.45) is 16.6 Å². The molecule has 2 aliphatic rings. The van der Waals surface area contributed by atoms with E-state index in [1.165, 1.54) is 5.56 Å². The third kappa shape index (κ3) is 6.40. The standard InChI is InChI=1S/C23H30N6O3.HI/c1-25-23(27-10-6-16-4-5-19-20(13-16)32-15-31-19)28-14-18-3-2-9-26-22(18)29-11-7-17(8-12-29)21(24)30;/h2-5,9,13,17H,6-8,10-12,14-15H2,1H3,(H2,24,30)(H2,25,27,28);1H. The van der Waals surface area contributed by atoms with Crippen LogP contribution in [0.25, 0.3) is 0 Å². The lowest BCUT2D eigenvalue weighted by Gasteiger charge is -2.32. The Kier molecular flexibility index (Phi) is 8.98. The largest absolute Gasteiger partial charge is 0.454 e. The van der Waals surface area contributed by atoms with E-state index in [1.54, 1.807) is 13.2 Å². The van der Waals surface area contributed by atoms with Crippen LogP contribution in [-0.2, 0) is 17.8 Å². The number of halogens is 1. The monoisotopic (exact) mass is 566 g/mol. The molecule has 33 heavy (non-hydrogen) atoms. The number of anilines is 1. The number of piperidine rings is 1. The minimum Gasteiger partial charge on any atom is -0.454 e. The van der Waals surface area contributed by atoms with Crippen LogP contribution in [0.3, 0.4) is 0 Å². The van der Waals surface area contributed by atoms with Crippen molar-refractivity contribution in [3.8, 4) is 11.5 Å². The highest BCUT2D eigenvalue weighted by atomic mass is 127. The van der Waals surface area contributed by atoms with E-state index in [0.29, 0.717) is 6.54 Å². The fourth-order valence-electron chi connectivity index (χ4n) is 4.05. The van der Waals surface area contributed by atoms with Gasteiger partial charge < -0.3 is 30.7 Å². The number of hydrogen-bond donors (Lipinski definition) is 3. The molecule has 0 saturated carbocycles. The molecule has 178 valence electrons. The van der Waals surface area contributed by atoms with Gasteiger partial charge in [-0.25, -0.2) is 4.98 Å². The zero-order valence-electron chi connectivity index (χ0n) is 18.8. The summed E-state index contributed by atoms with van der Waals surface area (Å²) in [5.41, 5.74) is 7.72. The van der Waals surface area contributed by atoms with E-state index in [1.807, 2.05) is 18.2 Å². The topological polar surface area (TPSA) is 114 Å². The summed E-state index contributed by atoms with van der Waals surface area (Å²) in [5, 5.41) is 6.73. The second-order valence-electron chi connectivity index (χ2n) is 7.94. The number of carbonyl (C=O) groups is 1. The van der Waals surface area contributed by atoms with E-state index in [-0.39, 0.29) is 42.6 Å². The number of nitrogens with zero attached hydrogens (tertiary/aromatic N) is 3. The van der Waals surface area contributed by atoms with Gasteiger partial charge in [-0.05, 0) is 43.0 Å². The Labute approximate surface area is 211 Å². The summed E-state index contributed by atoms with van der Waals surface area (Å²) in [7, 11) is 1.76. The van der Waals surface area contributed by atoms with E-state index < -0.39 is 0 Å². The Bertz CT molecular complexity index is 978. The summed E-state index contributed by atoms with van der Waals surface area (Å²) in [6.07, 6.45) is 4.17. The van der Waals surface area contributed by atoms with Crippen molar-refractivity contribution in [1.29, 1.82) is 0 Å². The maximum Gasteiger partial charge on any atom is 0.231 e. The molecule has 3 heterocycles. The Morgan fingerprint density at radius 3 is 2.76 bits per heavy atom. The number of benzene rings is 1. The van der Waals surface area contributed by atoms with Gasteiger partial charge in [0.2, 0.25) is 12.7 Å². The number of hydrogen-bond acceptors (Lipinski definition) is 6. The van der Waals surface area contributed by atoms with Crippen LogP contribution >= 0.6 is 24.0 Å². The minimum absolute atomic E-state index is 0. The van der Waals surface area contributed by atoms with Crippen molar-refractivity contribution in [1.82, 2.24) is 15.6 Å². The number of nitrogens with two attached hydrogens (primary N) is 1. The number of rotatable bonds is 7. The van der Waals surface area contributed by atoms with Crippen molar-refractivity contribution in [2.75, 3.05) is 38.4 Å². The lowest BCUT2D eigenvalue weighted by Crippen LogP contribution is -2.40. The maximum absolute atomic E-state index is 11.4. The number of nitrogens with one attached hydrogen (secondary N) is 2. The summed E-state index contributed by atoms with van der Waals surface area (Å²) in [6, 6.07) is 10.0. The van der Waals surface area contributed by atoms with Gasteiger partial charge in [-0.3, -0.25) is 9.79 Å². The number of ether oxygens (including phenoxy) is 2. The SMILES string of the molecule is CN=C(NCCc1ccc2c(c1)OCO2)NCc1cccnc1N1CCC(C(N)=O)CC1.I. The van der Waals surface area contributed by atoms with E-state index >= 15 is 0 Å². The maximum atomic E-state index is 11.4. The molecular weight excluding hydrogens is 535 g/mol. The molecule has 2 aromatic rings. The molecule has 0 unspecified atom stereocenters. The number of amides is 1. The predicted molar refractivity (Wildman–Crippen MR) is 138 cm³/mol. The third-order valence-corrected chi connectivity index (χ3v) is 5.88. The zero-order chi connectivity index (χ0) is 22.3. The van der Waals surface area contributed by atoms with Gasteiger partial charge in [0.05, 0.1) is 0 Å². The molecule has 1 saturated heterocycles. The summed E-state index contributed by atoms with van der Waals surface area (Å²) in [5.74, 6) is 3.03. The van der Waals surface area contributed by atoms with Crippen LogP contribution in [0.15, 0.2) is 41.5 Å². The summed E-state index contributed by atoms with van der Waals surface area (Å²) < 4.78 is 10.8. The van der Waals surface area contributed by atoms with Crippen molar-refractivity contribution < 1.29 is 14.3 Å². The Balaban J connectivity index is 0.00000306. The van der Waals surface area contributed by atoms with Crippen molar-refractivity contribution >= 4 is 41.7 Å². The molecule has 2 aliphatic heterocycles. The zero-order valence-corrected chi connectivity index (χ0v) is 21.1. The number of carbonyl (C=O) groups excluding carboxylic acids is 1. The van der Waals surface area contributed by atoms with Gasteiger partial charge in [-0.15, -0.1) is 24.0 Å². The summed E-state index contributed by atoms with van der Waals surface area (Å²) >= 11 is 0. The molecular formula is C23H31IN6O3. The Morgan fingerprint density at radius 2 is 2.00 bits per heavy atom. The molecule has 1 aromatic heterocycles. The quantitative estimate of drug-likeness (QED) is 0.267. The number of guanidine groups is 1. The molecule has 0 spiro atoms. The van der Waals surface area contributed by atoms with Crippen molar-refractivity contribution in [2.45, 2.75) is 25.8 Å². The van der Waals surface area contributed by atoms with Crippen LogP contribution in [0, 0.1) is 5.92 Å². The van der Waals surface area contributed by atoms with E-state index in [4.69, 9.17) is 15.2 Å². The predicted octanol–water partition coefficient (Wildman–Crippen LogP) is 2.04. The molecule has 0 aliphatic carbocycles. The number of aliphatic imine (C=N–C) groups is 1. The lowest BCUT2D eigenvalue weighted by molar-refractivity contribution is -0.122. The molecule has 1 amide bonds.